The first-order valence-electron chi connectivity index (χ1n) is 6.32. The van der Waals surface area contributed by atoms with Crippen molar-refractivity contribution < 1.29 is 0 Å². The summed E-state index contributed by atoms with van der Waals surface area (Å²) in [4.78, 5) is 4.58. The van der Waals surface area contributed by atoms with Gasteiger partial charge >= 0.3 is 0 Å². The molecule has 0 N–H and O–H groups in total. The van der Waals surface area contributed by atoms with Crippen LogP contribution in [-0.2, 0) is 5.88 Å². The zero-order chi connectivity index (χ0) is 13.5. The first-order valence-corrected chi connectivity index (χ1v) is 7.23. The fraction of sp³-hybridized carbons (Fsp3) is 0.571. The average Bonchev–Trinajstić information content (AvgIpc) is 2.34. The number of halogens is 2. The van der Waals surface area contributed by atoms with Crippen LogP contribution in [0.2, 0.25) is 5.02 Å². The van der Waals surface area contributed by atoms with Crippen molar-refractivity contribution in [2.75, 3.05) is 38.6 Å². The van der Waals surface area contributed by atoms with Gasteiger partial charge in [-0.25, -0.2) is 0 Å². The SMILES string of the molecule is CCCN(CCN(C)C)c1ccc(Cl)cc1CCl. The molecule has 0 bridgehead atoms. The Labute approximate surface area is 120 Å². The van der Waals surface area contributed by atoms with E-state index < -0.39 is 0 Å². The molecule has 0 saturated heterocycles. The fourth-order valence-electron chi connectivity index (χ4n) is 1.91. The summed E-state index contributed by atoms with van der Waals surface area (Å²) in [6.45, 7) is 5.27. The van der Waals surface area contributed by atoms with Crippen molar-refractivity contribution in [3.63, 3.8) is 0 Å². The molecule has 0 fully saturated rings. The Morgan fingerprint density at radius 3 is 2.39 bits per heavy atom. The first kappa shape index (κ1) is 15.6. The monoisotopic (exact) mass is 288 g/mol. The molecule has 0 spiro atoms. The number of rotatable bonds is 7. The summed E-state index contributed by atoms with van der Waals surface area (Å²) in [7, 11) is 4.18. The van der Waals surface area contributed by atoms with E-state index in [0.29, 0.717) is 5.88 Å². The number of benzene rings is 1. The lowest BCUT2D eigenvalue weighted by Gasteiger charge is -2.28. The first-order chi connectivity index (χ1) is 8.58. The molecule has 2 nitrogen and oxygen atoms in total. The van der Waals surface area contributed by atoms with Crippen molar-refractivity contribution in [1.29, 1.82) is 0 Å². The van der Waals surface area contributed by atoms with Gasteiger partial charge in [-0.15, -0.1) is 11.6 Å². The molecule has 102 valence electrons. The Kier molecular flexibility index (Phi) is 6.83. The summed E-state index contributed by atoms with van der Waals surface area (Å²) in [6, 6.07) is 5.97. The minimum absolute atomic E-state index is 0.498. The van der Waals surface area contributed by atoms with Crippen LogP contribution in [0.4, 0.5) is 5.69 Å². The van der Waals surface area contributed by atoms with Crippen LogP contribution in [0.25, 0.3) is 0 Å². The van der Waals surface area contributed by atoms with Crippen molar-refractivity contribution in [1.82, 2.24) is 4.90 Å². The lowest BCUT2D eigenvalue weighted by molar-refractivity contribution is 0.413. The molecule has 1 aromatic rings. The second-order valence-corrected chi connectivity index (χ2v) is 5.40. The molecule has 0 amide bonds. The highest BCUT2D eigenvalue weighted by Crippen LogP contribution is 2.26. The summed E-state index contributed by atoms with van der Waals surface area (Å²) in [5.74, 6) is 0.498. The van der Waals surface area contributed by atoms with Crippen LogP contribution in [0.3, 0.4) is 0 Å². The Bertz CT molecular complexity index is 367. The molecule has 18 heavy (non-hydrogen) atoms. The van der Waals surface area contributed by atoms with E-state index in [9.17, 15) is 0 Å². The molecular formula is C14H22Cl2N2. The van der Waals surface area contributed by atoms with Gasteiger partial charge < -0.3 is 9.80 Å². The Morgan fingerprint density at radius 2 is 1.83 bits per heavy atom. The molecule has 1 aromatic carbocycles. The van der Waals surface area contributed by atoms with Crippen molar-refractivity contribution in [3.8, 4) is 0 Å². The van der Waals surface area contributed by atoms with Gasteiger partial charge in [0.1, 0.15) is 0 Å². The molecular weight excluding hydrogens is 267 g/mol. The number of likely N-dealkylation sites (N-methyl/N-ethyl adjacent to an activating group) is 1. The molecule has 0 aromatic heterocycles. The molecule has 0 atom stereocenters. The van der Waals surface area contributed by atoms with E-state index in [2.05, 4.69) is 36.9 Å². The van der Waals surface area contributed by atoms with Crippen LogP contribution in [-0.4, -0.2) is 38.6 Å². The third-order valence-electron chi connectivity index (χ3n) is 2.84. The van der Waals surface area contributed by atoms with Crippen molar-refractivity contribution in [2.24, 2.45) is 0 Å². The van der Waals surface area contributed by atoms with Gasteiger partial charge in [0.05, 0.1) is 0 Å². The molecule has 0 aliphatic rings. The maximum Gasteiger partial charge on any atom is 0.0495 e. The van der Waals surface area contributed by atoms with Crippen LogP contribution in [0.5, 0.6) is 0 Å². The lowest BCUT2D eigenvalue weighted by atomic mass is 10.1. The van der Waals surface area contributed by atoms with Gasteiger partial charge in [0.25, 0.3) is 0 Å². The maximum absolute atomic E-state index is 6.02. The van der Waals surface area contributed by atoms with Crippen LogP contribution >= 0.6 is 23.2 Å². The van der Waals surface area contributed by atoms with Crippen molar-refractivity contribution in [2.45, 2.75) is 19.2 Å². The van der Waals surface area contributed by atoms with Gasteiger partial charge in [0.15, 0.2) is 0 Å². The van der Waals surface area contributed by atoms with E-state index in [1.54, 1.807) is 0 Å². The lowest BCUT2D eigenvalue weighted by Crippen LogP contribution is -2.32. The maximum atomic E-state index is 6.02. The quantitative estimate of drug-likeness (QED) is 0.703. The summed E-state index contributed by atoms with van der Waals surface area (Å²) >= 11 is 12.0. The van der Waals surface area contributed by atoms with Crippen LogP contribution in [0, 0.1) is 0 Å². The van der Waals surface area contributed by atoms with Crippen LogP contribution < -0.4 is 4.90 Å². The third-order valence-corrected chi connectivity index (χ3v) is 3.36. The minimum atomic E-state index is 0.498. The van der Waals surface area contributed by atoms with Gasteiger partial charge in [-0.3, -0.25) is 0 Å². The number of hydrogen-bond acceptors (Lipinski definition) is 2. The predicted molar refractivity (Wildman–Crippen MR) is 82.1 cm³/mol. The normalized spacial score (nSPS) is 11.0. The fourth-order valence-corrected chi connectivity index (χ4v) is 2.32. The van der Waals surface area contributed by atoms with Crippen molar-refractivity contribution >= 4 is 28.9 Å². The molecule has 4 heteroatoms. The van der Waals surface area contributed by atoms with E-state index in [1.165, 1.54) is 5.69 Å². The van der Waals surface area contributed by atoms with E-state index in [1.807, 2.05) is 12.1 Å². The Balaban J connectivity index is 2.89. The molecule has 0 radical (unpaired) electrons. The summed E-state index contributed by atoms with van der Waals surface area (Å²) in [6.07, 6.45) is 1.12. The van der Waals surface area contributed by atoms with Gasteiger partial charge in [-0.05, 0) is 44.3 Å². The molecule has 0 aliphatic carbocycles. The standard InChI is InChI=1S/C14H22Cl2N2/c1-4-7-18(9-8-17(2)3)14-6-5-13(16)10-12(14)11-15/h5-6,10H,4,7-9,11H2,1-3H3. The number of hydrogen-bond donors (Lipinski definition) is 0. The Morgan fingerprint density at radius 1 is 1.11 bits per heavy atom. The van der Waals surface area contributed by atoms with E-state index in [0.717, 1.165) is 36.6 Å². The number of nitrogens with zero attached hydrogens (tertiary/aromatic N) is 2. The molecule has 0 unspecified atom stereocenters. The van der Waals surface area contributed by atoms with Gasteiger partial charge in [0.2, 0.25) is 0 Å². The highest BCUT2D eigenvalue weighted by Gasteiger charge is 2.11. The van der Waals surface area contributed by atoms with Gasteiger partial charge in [0, 0.05) is 36.2 Å². The van der Waals surface area contributed by atoms with Crippen LogP contribution in [0.1, 0.15) is 18.9 Å². The predicted octanol–water partition coefficient (Wildman–Crippen LogP) is 3.86. The van der Waals surface area contributed by atoms with Gasteiger partial charge in [-0.2, -0.15) is 0 Å². The van der Waals surface area contributed by atoms with Crippen molar-refractivity contribution in [3.05, 3.63) is 28.8 Å². The summed E-state index contributed by atoms with van der Waals surface area (Å²) < 4.78 is 0. The molecule has 0 aliphatic heterocycles. The minimum Gasteiger partial charge on any atom is -0.370 e. The number of anilines is 1. The topological polar surface area (TPSA) is 6.48 Å². The van der Waals surface area contributed by atoms with E-state index in [4.69, 9.17) is 23.2 Å². The third kappa shape index (κ3) is 4.68. The van der Waals surface area contributed by atoms with Crippen LogP contribution in [0.15, 0.2) is 18.2 Å². The highest BCUT2D eigenvalue weighted by atomic mass is 35.5. The molecule has 0 heterocycles. The zero-order valence-electron chi connectivity index (χ0n) is 11.4. The second-order valence-electron chi connectivity index (χ2n) is 4.70. The Hall–Kier alpha value is -0.440. The largest absolute Gasteiger partial charge is 0.370 e. The molecule has 1 rings (SSSR count). The zero-order valence-corrected chi connectivity index (χ0v) is 12.9. The average molecular weight is 289 g/mol. The van der Waals surface area contributed by atoms with Gasteiger partial charge in [-0.1, -0.05) is 18.5 Å². The second kappa shape index (κ2) is 7.88. The van der Waals surface area contributed by atoms with E-state index in [-0.39, 0.29) is 0 Å². The molecule has 0 saturated carbocycles. The smallest absolute Gasteiger partial charge is 0.0495 e. The number of alkyl halides is 1. The highest BCUT2D eigenvalue weighted by molar-refractivity contribution is 6.30. The summed E-state index contributed by atoms with van der Waals surface area (Å²) in [5.41, 5.74) is 2.31. The summed E-state index contributed by atoms with van der Waals surface area (Å²) in [5, 5.41) is 0.749. The van der Waals surface area contributed by atoms with E-state index >= 15 is 0 Å².